The van der Waals surface area contributed by atoms with Gasteiger partial charge in [0, 0.05) is 0 Å². The van der Waals surface area contributed by atoms with Gasteiger partial charge >= 0.3 is 0 Å². The zero-order valence-corrected chi connectivity index (χ0v) is 7.29. The summed E-state index contributed by atoms with van der Waals surface area (Å²) in [6.07, 6.45) is -3.47. The maximum Gasteiger partial charge on any atom is 0.212 e. The van der Waals surface area contributed by atoms with Gasteiger partial charge in [-0.3, -0.25) is 0 Å². The van der Waals surface area contributed by atoms with Crippen LogP contribution in [0.3, 0.4) is 0 Å². The summed E-state index contributed by atoms with van der Waals surface area (Å²) < 4.78 is 39.6. The average Bonchev–Trinajstić information content (AvgIpc) is 1.84. The Bertz CT molecular complexity index is 331. The average molecular weight is 214 g/mol. The SMILES string of the molecule is O=S(=O)=CC(O)C(O)C=S(=O)=O. The molecule has 2 N–H and O–H groups in total. The molecule has 70 valence electrons. The van der Waals surface area contributed by atoms with Gasteiger partial charge in [-0.25, -0.2) is 0 Å². The first kappa shape index (κ1) is 11.3. The van der Waals surface area contributed by atoms with E-state index in [4.69, 9.17) is 10.2 Å². The van der Waals surface area contributed by atoms with E-state index >= 15 is 0 Å². The first-order valence-electron chi connectivity index (χ1n) is 2.65. The fourth-order valence-corrected chi connectivity index (χ4v) is 1.17. The van der Waals surface area contributed by atoms with Crippen LogP contribution in [0.5, 0.6) is 0 Å². The van der Waals surface area contributed by atoms with Crippen molar-refractivity contribution in [1.82, 2.24) is 0 Å². The lowest BCUT2D eigenvalue weighted by Gasteiger charge is -2.04. The van der Waals surface area contributed by atoms with Gasteiger partial charge in [-0.05, 0) is 0 Å². The summed E-state index contributed by atoms with van der Waals surface area (Å²) in [5, 5.41) is 18.2. The van der Waals surface area contributed by atoms with Gasteiger partial charge in [0.1, 0.15) is 12.2 Å². The Morgan fingerprint density at radius 1 is 0.833 bits per heavy atom. The number of aliphatic hydroxyl groups is 2. The molecular weight excluding hydrogens is 208 g/mol. The molecule has 2 unspecified atom stereocenters. The van der Waals surface area contributed by atoms with Crippen molar-refractivity contribution in [2.24, 2.45) is 0 Å². The van der Waals surface area contributed by atoms with E-state index in [1.807, 2.05) is 0 Å². The third-order valence-corrected chi connectivity index (χ3v) is 1.85. The summed E-state index contributed by atoms with van der Waals surface area (Å²) in [5.74, 6) is 0. The minimum absolute atomic E-state index is 0.383. The van der Waals surface area contributed by atoms with Crippen LogP contribution in [0, 0.1) is 0 Å². The molecule has 0 rings (SSSR count). The van der Waals surface area contributed by atoms with Crippen LogP contribution in [0.2, 0.25) is 0 Å². The molecule has 0 spiro atoms. The Morgan fingerprint density at radius 2 is 1.08 bits per heavy atom. The third kappa shape index (κ3) is 5.02. The van der Waals surface area contributed by atoms with E-state index in [0.29, 0.717) is 10.7 Å². The molecule has 12 heavy (non-hydrogen) atoms. The summed E-state index contributed by atoms with van der Waals surface area (Å²) in [6, 6.07) is 0. The van der Waals surface area contributed by atoms with Crippen LogP contribution in [0.15, 0.2) is 0 Å². The third-order valence-electron chi connectivity index (χ3n) is 0.851. The summed E-state index contributed by atoms with van der Waals surface area (Å²) in [4.78, 5) is 0. The second-order valence-electron chi connectivity index (χ2n) is 1.77. The zero-order chi connectivity index (χ0) is 9.72. The predicted octanol–water partition coefficient (Wildman–Crippen LogP) is -2.93. The molecular formula is C4H6O6S2. The first-order valence-corrected chi connectivity index (χ1v) is 4.93. The molecule has 2 atom stereocenters. The second kappa shape index (κ2) is 5.04. The molecule has 0 aliphatic rings. The van der Waals surface area contributed by atoms with Crippen LogP contribution in [-0.4, -0.2) is 50.0 Å². The Balaban J connectivity index is 4.63. The molecule has 6 nitrogen and oxygen atoms in total. The van der Waals surface area contributed by atoms with Gasteiger partial charge in [0.2, 0.25) is 20.6 Å². The Kier molecular flexibility index (Phi) is 4.74. The molecule has 0 fully saturated rings. The predicted molar refractivity (Wildman–Crippen MR) is 42.0 cm³/mol. The van der Waals surface area contributed by atoms with Gasteiger partial charge in [0.15, 0.2) is 0 Å². The van der Waals surface area contributed by atoms with Crippen LogP contribution in [0.4, 0.5) is 0 Å². The van der Waals surface area contributed by atoms with Crippen molar-refractivity contribution >= 4 is 31.3 Å². The van der Waals surface area contributed by atoms with E-state index in [-0.39, 0.29) is 0 Å². The molecule has 0 saturated carbocycles. The lowest BCUT2D eigenvalue weighted by Crippen LogP contribution is -2.28. The topological polar surface area (TPSA) is 109 Å². The van der Waals surface area contributed by atoms with E-state index < -0.39 is 32.8 Å². The van der Waals surface area contributed by atoms with Crippen molar-refractivity contribution in [2.75, 3.05) is 0 Å². The Labute approximate surface area is 71.1 Å². The van der Waals surface area contributed by atoms with Gasteiger partial charge in [-0.15, -0.1) is 0 Å². The summed E-state index contributed by atoms with van der Waals surface area (Å²) >= 11 is 0. The molecule has 0 amide bonds. The molecule has 0 heterocycles. The summed E-state index contributed by atoms with van der Waals surface area (Å²) in [7, 11) is -5.27. The van der Waals surface area contributed by atoms with Crippen molar-refractivity contribution < 1.29 is 27.0 Å². The molecule has 0 aromatic heterocycles. The lowest BCUT2D eigenvalue weighted by molar-refractivity contribution is 0.114. The monoisotopic (exact) mass is 214 g/mol. The number of rotatable bonds is 3. The van der Waals surface area contributed by atoms with Crippen molar-refractivity contribution in [3.8, 4) is 0 Å². The summed E-state index contributed by atoms with van der Waals surface area (Å²) in [6.45, 7) is 0. The molecule has 0 saturated heterocycles. The minimum Gasteiger partial charge on any atom is -0.385 e. The summed E-state index contributed by atoms with van der Waals surface area (Å²) in [5.41, 5.74) is 0. The largest absolute Gasteiger partial charge is 0.385 e. The van der Waals surface area contributed by atoms with Crippen molar-refractivity contribution in [3.63, 3.8) is 0 Å². The molecule has 0 aliphatic carbocycles. The quantitative estimate of drug-likeness (QED) is 0.487. The van der Waals surface area contributed by atoms with E-state index in [2.05, 4.69) is 0 Å². The van der Waals surface area contributed by atoms with Crippen molar-refractivity contribution in [1.29, 1.82) is 0 Å². The molecule has 0 aromatic rings. The fourth-order valence-electron chi connectivity index (χ4n) is 0.389. The van der Waals surface area contributed by atoms with E-state index in [1.165, 1.54) is 0 Å². The molecule has 0 bridgehead atoms. The van der Waals surface area contributed by atoms with Crippen LogP contribution >= 0.6 is 0 Å². The molecule has 8 heteroatoms. The van der Waals surface area contributed by atoms with Gasteiger partial charge in [0.05, 0.1) is 10.7 Å². The highest BCUT2D eigenvalue weighted by atomic mass is 32.2. The van der Waals surface area contributed by atoms with Gasteiger partial charge < -0.3 is 10.2 Å². The number of aliphatic hydroxyl groups excluding tert-OH is 2. The van der Waals surface area contributed by atoms with Crippen LogP contribution in [0.1, 0.15) is 0 Å². The minimum atomic E-state index is -2.64. The van der Waals surface area contributed by atoms with Gasteiger partial charge in [-0.1, -0.05) is 0 Å². The number of hydrogen-bond acceptors (Lipinski definition) is 6. The maximum atomic E-state index is 9.91. The van der Waals surface area contributed by atoms with Crippen LogP contribution in [0.25, 0.3) is 0 Å². The smallest absolute Gasteiger partial charge is 0.212 e. The Hall–Kier alpha value is -0.700. The molecule has 0 radical (unpaired) electrons. The van der Waals surface area contributed by atoms with Crippen molar-refractivity contribution in [3.05, 3.63) is 0 Å². The standard InChI is InChI=1S/C4H6O6S2/c5-3(1-11(7)8)4(6)2-12(9)10/h1-6H. The highest BCUT2D eigenvalue weighted by Gasteiger charge is 2.11. The van der Waals surface area contributed by atoms with E-state index in [0.717, 1.165) is 0 Å². The first-order chi connectivity index (χ1) is 5.43. The molecule has 0 aromatic carbocycles. The Morgan fingerprint density at radius 3 is 1.25 bits per heavy atom. The second-order valence-corrected chi connectivity index (χ2v) is 3.36. The van der Waals surface area contributed by atoms with E-state index in [9.17, 15) is 16.8 Å². The fraction of sp³-hybridized carbons (Fsp3) is 0.500. The normalized spacial score (nSPS) is 14.5. The number of hydrogen-bond donors (Lipinski definition) is 2. The van der Waals surface area contributed by atoms with Gasteiger partial charge in [-0.2, -0.15) is 16.8 Å². The van der Waals surface area contributed by atoms with Crippen LogP contribution < -0.4 is 0 Å². The highest BCUT2D eigenvalue weighted by Crippen LogP contribution is 1.84. The van der Waals surface area contributed by atoms with Crippen molar-refractivity contribution in [2.45, 2.75) is 12.2 Å². The van der Waals surface area contributed by atoms with Gasteiger partial charge in [0.25, 0.3) is 0 Å². The van der Waals surface area contributed by atoms with Crippen LogP contribution in [-0.2, 0) is 20.6 Å². The van der Waals surface area contributed by atoms with E-state index in [1.54, 1.807) is 0 Å². The zero-order valence-electron chi connectivity index (χ0n) is 5.65. The highest BCUT2D eigenvalue weighted by molar-refractivity contribution is 7.72. The lowest BCUT2D eigenvalue weighted by atomic mass is 10.3. The maximum absolute atomic E-state index is 9.91. The molecule has 0 aliphatic heterocycles.